The predicted molar refractivity (Wildman–Crippen MR) is 124 cm³/mol. The minimum absolute atomic E-state index is 0.170. The van der Waals surface area contributed by atoms with Gasteiger partial charge >= 0.3 is 0 Å². The number of amidine groups is 1. The van der Waals surface area contributed by atoms with Crippen LogP contribution in [0.2, 0.25) is 0 Å². The minimum Gasteiger partial charge on any atom is -0.303 e. The first-order valence-electron chi connectivity index (χ1n) is 9.74. The van der Waals surface area contributed by atoms with Crippen molar-refractivity contribution in [2.24, 2.45) is 15.9 Å². The number of hydrazone groups is 1. The molecule has 2 N–H and O–H groups in total. The van der Waals surface area contributed by atoms with Crippen LogP contribution < -0.4 is 10.0 Å². The van der Waals surface area contributed by atoms with Crippen LogP contribution in [-0.2, 0) is 24.5 Å². The van der Waals surface area contributed by atoms with Crippen LogP contribution in [0, 0.1) is 10.8 Å². The maximum absolute atomic E-state index is 13.4. The number of amides is 2. The van der Waals surface area contributed by atoms with Crippen molar-refractivity contribution in [1.29, 1.82) is 0 Å². The van der Waals surface area contributed by atoms with Crippen molar-refractivity contribution >= 4 is 38.8 Å². The number of benzene rings is 1. The second-order valence-electron chi connectivity index (χ2n) is 9.26. The summed E-state index contributed by atoms with van der Waals surface area (Å²) >= 11 is 1.12. The Kier molecular flexibility index (Phi) is 7.09. The van der Waals surface area contributed by atoms with Crippen molar-refractivity contribution in [3.05, 3.63) is 47.9 Å². The van der Waals surface area contributed by atoms with Gasteiger partial charge < -0.3 is 5.32 Å². The van der Waals surface area contributed by atoms with Gasteiger partial charge in [0.2, 0.25) is 21.8 Å². The second-order valence-corrected chi connectivity index (χ2v) is 12.2. The zero-order valence-electron chi connectivity index (χ0n) is 18.7. The van der Waals surface area contributed by atoms with E-state index in [-0.39, 0.29) is 23.5 Å². The first-order chi connectivity index (χ1) is 14.1. The molecule has 10 heteroatoms. The fraction of sp³-hybridized carbons (Fsp3) is 0.476. The highest BCUT2D eigenvalue weighted by Crippen LogP contribution is 2.46. The van der Waals surface area contributed by atoms with Crippen molar-refractivity contribution in [2.75, 3.05) is 6.54 Å². The molecular weight excluding hydrogens is 436 g/mol. The maximum Gasteiger partial charge on any atom is 0.249 e. The molecule has 1 aromatic rings. The molecule has 170 valence electrons. The summed E-state index contributed by atoms with van der Waals surface area (Å²) in [5.74, 6) is -0.584. The number of nitrogens with zero attached hydrogens (tertiary/aromatic N) is 2. The molecule has 1 atom stereocenters. The topological polar surface area (TPSA) is 108 Å². The molecule has 0 bridgehead atoms. The van der Waals surface area contributed by atoms with E-state index in [4.69, 9.17) is 0 Å². The van der Waals surface area contributed by atoms with Gasteiger partial charge in [-0.15, -0.1) is 5.10 Å². The largest absolute Gasteiger partial charge is 0.303 e. The Bertz CT molecular complexity index is 992. The predicted octanol–water partition coefficient (Wildman–Crippen LogP) is 2.96. The van der Waals surface area contributed by atoms with E-state index in [1.165, 1.54) is 5.01 Å². The quantitative estimate of drug-likeness (QED) is 0.694. The molecule has 0 aromatic heterocycles. The minimum atomic E-state index is -3.78. The van der Waals surface area contributed by atoms with Crippen molar-refractivity contribution in [2.45, 2.75) is 46.4 Å². The molecule has 0 spiro atoms. The lowest BCUT2D eigenvalue weighted by Crippen LogP contribution is -2.51. The highest BCUT2D eigenvalue weighted by atomic mass is 32.2. The lowest BCUT2D eigenvalue weighted by molar-refractivity contribution is -0.143. The van der Waals surface area contributed by atoms with E-state index < -0.39 is 25.7 Å². The molecule has 0 aliphatic carbocycles. The number of hydrogen-bond donors (Lipinski definition) is 2. The summed E-state index contributed by atoms with van der Waals surface area (Å²) in [7, 11) is -3.78. The summed E-state index contributed by atoms with van der Waals surface area (Å²) in [6, 6.07) is 9.00. The van der Waals surface area contributed by atoms with E-state index >= 15 is 0 Å². The molecular formula is C21H30N4O4S2. The number of sulfonamides is 1. The summed E-state index contributed by atoms with van der Waals surface area (Å²) < 4.78 is 26.8. The van der Waals surface area contributed by atoms with Crippen molar-refractivity contribution in [3.8, 4) is 0 Å². The molecule has 31 heavy (non-hydrogen) atoms. The standard InChI is InChI=1S/C21H30N4O4S2/c1-8-31(28,29)22-14-21(15-12-10-9-11-13-15)25(17(27)20(5,6)7)24-18(30-21)23-16(26)19(2,3)4/h8-13,22H,1,14H2,2-7H3,(H,23,24,26)/t21-/m0/s1. The Morgan fingerprint density at radius 1 is 1.13 bits per heavy atom. The molecule has 1 aliphatic rings. The van der Waals surface area contributed by atoms with Crippen LogP contribution >= 0.6 is 11.8 Å². The van der Waals surface area contributed by atoms with Crippen LogP contribution in [0.3, 0.4) is 0 Å². The van der Waals surface area contributed by atoms with Gasteiger partial charge in [-0.1, -0.05) is 78.5 Å². The van der Waals surface area contributed by atoms with Crippen molar-refractivity contribution in [1.82, 2.24) is 15.0 Å². The van der Waals surface area contributed by atoms with Gasteiger partial charge in [-0.05, 0) is 17.3 Å². The van der Waals surface area contributed by atoms with E-state index in [0.29, 0.717) is 5.56 Å². The Hall–Kier alpha value is -2.17. The molecule has 1 aromatic carbocycles. The lowest BCUT2D eigenvalue weighted by Gasteiger charge is -2.38. The highest BCUT2D eigenvalue weighted by Gasteiger charge is 2.51. The summed E-state index contributed by atoms with van der Waals surface area (Å²) in [6.07, 6.45) is 0. The monoisotopic (exact) mass is 466 g/mol. The van der Waals surface area contributed by atoms with Crippen LogP contribution in [0.25, 0.3) is 0 Å². The fourth-order valence-electron chi connectivity index (χ4n) is 2.61. The number of nitrogens with one attached hydrogen (secondary N) is 2. The van der Waals surface area contributed by atoms with Gasteiger partial charge in [-0.2, -0.15) is 0 Å². The molecule has 0 fully saturated rings. The summed E-state index contributed by atoms with van der Waals surface area (Å²) in [5.41, 5.74) is -0.817. The number of carbonyl (C=O) groups excluding carboxylic acids is 2. The van der Waals surface area contributed by atoms with Gasteiger partial charge in [0, 0.05) is 16.2 Å². The van der Waals surface area contributed by atoms with Gasteiger partial charge in [-0.25, -0.2) is 18.1 Å². The highest BCUT2D eigenvalue weighted by molar-refractivity contribution is 8.14. The van der Waals surface area contributed by atoms with Gasteiger partial charge in [0.15, 0.2) is 10.0 Å². The number of hydrogen-bond acceptors (Lipinski definition) is 6. The number of thioether (sulfide) groups is 1. The van der Waals surface area contributed by atoms with Crippen LogP contribution in [-0.4, -0.2) is 37.0 Å². The van der Waals surface area contributed by atoms with Gasteiger partial charge in [0.25, 0.3) is 0 Å². The average molecular weight is 467 g/mol. The Labute approximate surface area is 188 Å². The smallest absolute Gasteiger partial charge is 0.249 e. The molecule has 2 amide bonds. The number of carbonyl (C=O) groups is 2. The van der Waals surface area contributed by atoms with Gasteiger partial charge in [-0.3, -0.25) is 9.59 Å². The normalized spacial score (nSPS) is 19.7. The van der Waals surface area contributed by atoms with Gasteiger partial charge in [0.1, 0.15) is 0 Å². The second kappa shape index (κ2) is 8.76. The third-order valence-electron chi connectivity index (χ3n) is 4.49. The molecule has 0 unspecified atom stereocenters. The zero-order valence-corrected chi connectivity index (χ0v) is 20.4. The zero-order chi connectivity index (χ0) is 23.7. The molecule has 0 saturated heterocycles. The SMILES string of the molecule is C=CS(=O)(=O)NC[C@@]1(c2ccccc2)SC(NC(=O)C(C)(C)C)=NN1C(=O)C(C)(C)C. The number of rotatable bonds is 5. The summed E-state index contributed by atoms with van der Waals surface area (Å²) in [4.78, 5) is 24.7. The Morgan fingerprint density at radius 2 is 1.71 bits per heavy atom. The molecule has 2 rings (SSSR count). The van der Waals surface area contributed by atoms with Crippen LogP contribution in [0.4, 0.5) is 0 Å². The van der Waals surface area contributed by atoms with Crippen molar-refractivity contribution < 1.29 is 18.0 Å². The van der Waals surface area contributed by atoms with E-state index in [0.717, 1.165) is 17.2 Å². The third-order valence-corrected chi connectivity index (χ3v) is 6.74. The molecule has 0 saturated carbocycles. The lowest BCUT2D eigenvalue weighted by atomic mass is 9.93. The molecule has 1 aliphatic heterocycles. The summed E-state index contributed by atoms with van der Waals surface area (Å²) in [6.45, 7) is 13.7. The van der Waals surface area contributed by atoms with E-state index in [2.05, 4.69) is 21.7 Å². The third kappa shape index (κ3) is 5.75. The van der Waals surface area contributed by atoms with Crippen LogP contribution in [0.5, 0.6) is 0 Å². The Morgan fingerprint density at radius 3 is 2.19 bits per heavy atom. The van der Waals surface area contributed by atoms with E-state index in [9.17, 15) is 18.0 Å². The Balaban J connectivity index is 2.60. The first-order valence-corrected chi connectivity index (χ1v) is 12.1. The van der Waals surface area contributed by atoms with Crippen molar-refractivity contribution in [3.63, 3.8) is 0 Å². The van der Waals surface area contributed by atoms with Gasteiger partial charge in [0.05, 0.1) is 6.54 Å². The van der Waals surface area contributed by atoms with E-state index in [1.54, 1.807) is 65.8 Å². The molecule has 1 heterocycles. The summed E-state index contributed by atoms with van der Waals surface area (Å²) in [5, 5.41) is 9.51. The first kappa shape index (κ1) is 25.1. The molecule has 8 nitrogen and oxygen atoms in total. The average Bonchev–Trinajstić information content (AvgIpc) is 3.04. The van der Waals surface area contributed by atoms with Crippen LogP contribution in [0.1, 0.15) is 47.1 Å². The maximum atomic E-state index is 13.4. The van der Waals surface area contributed by atoms with E-state index in [1.807, 2.05) is 6.07 Å². The fourth-order valence-corrected chi connectivity index (χ4v) is 4.42. The van der Waals surface area contributed by atoms with Crippen LogP contribution in [0.15, 0.2) is 47.4 Å². The molecule has 0 radical (unpaired) electrons.